The van der Waals surface area contributed by atoms with Gasteiger partial charge in [-0.3, -0.25) is 9.59 Å². The number of para-hydroxylation sites is 2. The molecule has 2 aromatic heterocycles. The number of rotatable bonds is 4. The molecule has 136 valence electrons. The molecule has 0 bridgehead atoms. The number of imidazole rings is 1. The van der Waals surface area contributed by atoms with E-state index in [0.717, 1.165) is 21.2 Å². The third-order valence-corrected chi connectivity index (χ3v) is 5.44. The molecule has 2 heterocycles. The number of aromatic nitrogens is 3. The summed E-state index contributed by atoms with van der Waals surface area (Å²) >= 11 is 3.39. The van der Waals surface area contributed by atoms with Crippen LogP contribution < -0.4 is 5.56 Å². The highest BCUT2D eigenvalue weighted by molar-refractivity contribution is 9.10. The zero-order valence-electron chi connectivity index (χ0n) is 15.1. The van der Waals surface area contributed by atoms with Crippen LogP contribution in [0.25, 0.3) is 16.8 Å². The second-order valence-electron chi connectivity index (χ2n) is 6.47. The Hall–Kier alpha value is -2.73. The van der Waals surface area contributed by atoms with E-state index in [1.807, 2.05) is 54.8 Å². The molecule has 2 aromatic carbocycles. The summed E-state index contributed by atoms with van der Waals surface area (Å²) in [6, 6.07) is 14.8. The summed E-state index contributed by atoms with van der Waals surface area (Å²) in [6.45, 7) is 3.97. The van der Waals surface area contributed by atoms with Crippen molar-refractivity contribution in [3.63, 3.8) is 0 Å². The van der Waals surface area contributed by atoms with Crippen LogP contribution in [0.15, 0.2) is 57.8 Å². The Balaban J connectivity index is 1.95. The molecule has 0 aliphatic heterocycles. The number of carbonyl (C=O) groups is 1. The van der Waals surface area contributed by atoms with E-state index < -0.39 is 0 Å². The Morgan fingerprint density at radius 2 is 1.81 bits per heavy atom. The molecular weight excluding hydrogens is 406 g/mol. The molecule has 0 aliphatic carbocycles. The Morgan fingerprint density at radius 3 is 2.52 bits per heavy atom. The van der Waals surface area contributed by atoms with E-state index in [1.54, 1.807) is 16.5 Å². The molecule has 4 aromatic rings. The molecule has 27 heavy (non-hydrogen) atoms. The van der Waals surface area contributed by atoms with E-state index in [2.05, 4.69) is 20.9 Å². The van der Waals surface area contributed by atoms with E-state index in [4.69, 9.17) is 0 Å². The molecule has 0 radical (unpaired) electrons. The van der Waals surface area contributed by atoms with Crippen molar-refractivity contribution in [3.05, 3.63) is 80.2 Å². The zero-order chi connectivity index (χ0) is 19.1. The molecule has 0 saturated carbocycles. The fourth-order valence-corrected chi connectivity index (χ4v) is 3.73. The Labute approximate surface area is 164 Å². The van der Waals surface area contributed by atoms with Gasteiger partial charge in [-0.15, -0.1) is 0 Å². The van der Waals surface area contributed by atoms with Crippen molar-refractivity contribution in [1.29, 1.82) is 0 Å². The number of hydrogen-bond donors (Lipinski definition) is 0. The zero-order valence-corrected chi connectivity index (χ0v) is 16.7. The van der Waals surface area contributed by atoms with Crippen molar-refractivity contribution in [2.24, 2.45) is 0 Å². The Bertz CT molecular complexity index is 1240. The van der Waals surface area contributed by atoms with Crippen molar-refractivity contribution in [1.82, 2.24) is 14.0 Å². The first-order valence-corrected chi connectivity index (χ1v) is 9.58. The maximum absolute atomic E-state index is 13.0. The van der Waals surface area contributed by atoms with Crippen molar-refractivity contribution < 1.29 is 4.79 Å². The molecule has 0 fully saturated rings. The highest BCUT2D eigenvalue weighted by atomic mass is 79.9. The minimum absolute atomic E-state index is 0.0229. The number of nitrogens with zero attached hydrogens (tertiary/aromatic N) is 3. The maximum Gasteiger partial charge on any atom is 0.262 e. The smallest absolute Gasteiger partial charge is 0.262 e. The van der Waals surface area contributed by atoms with Gasteiger partial charge in [-0.2, -0.15) is 0 Å². The lowest BCUT2D eigenvalue weighted by atomic mass is 10.1. The van der Waals surface area contributed by atoms with Crippen LogP contribution in [-0.4, -0.2) is 19.7 Å². The molecular formula is C21H18BrN3O2. The van der Waals surface area contributed by atoms with Crippen LogP contribution in [0.4, 0.5) is 0 Å². The number of hydrogen-bond acceptors (Lipinski definition) is 3. The van der Waals surface area contributed by atoms with Crippen molar-refractivity contribution >= 4 is 38.5 Å². The molecule has 0 N–H and O–H groups in total. The summed E-state index contributed by atoms with van der Waals surface area (Å²) in [4.78, 5) is 30.5. The van der Waals surface area contributed by atoms with Gasteiger partial charge in [0.15, 0.2) is 5.78 Å². The van der Waals surface area contributed by atoms with Gasteiger partial charge >= 0.3 is 0 Å². The number of Topliss-reactive ketones (excluding diaryl/α,β-unsaturated/α-hetero) is 1. The van der Waals surface area contributed by atoms with Gasteiger partial charge in [0.2, 0.25) is 5.78 Å². The summed E-state index contributed by atoms with van der Waals surface area (Å²) in [5.74, 6) is 0.478. The summed E-state index contributed by atoms with van der Waals surface area (Å²) in [5, 5.41) is 0. The van der Waals surface area contributed by atoms with E-state index in [0.29, 0.717) is 23.3 Å². The van der Waals surface area contributed by atoms with Crippen LogP contribution in [-0.2, 0) is 13.0 Å². The van der Waals surface area contributed by atoms with Crippen molar-refractivity contribution in [3.8, 4) is 0 Å². The standard InChI is InChI=1S/C21H18BrN3O2/c1-3-16-13(2)24(12-19(26)14-8-10-15(22)11-9-14)21-23-17-6-4-5-7-18(17)25(21)20(16)27/h4-11H,3,12H2,1-2H3. The molecule has 6 heteroatoms. The van der Waals surface area contributed by atoms with Gasteiger partial charge in [0.1, 0.15) is 0 Å². The summed E-state index contributed by atoms with van der Waals surface area (Å²) in [7, 11) is 0. The normalized spacial score (nSPS) is 11.4. The van der Waals surface area contributed by atoms with Gasteiger partial charge in [-0.1, -0.05) is 47.1 Å². The largest absolute Gasteiger partial charge is 0.307 e. The van der Waals surface area contributed by atoms with Crippen LogP contribution in [0.2, 0.25) is 0 Å². The van der Waals surface area contributed by atoms with E-state index in [9.17, 15) is 9.59 Å². The summed E-state index contributed by atoms with van der Waals surface area (Å²) < 4.78 is 4.40. The predicted octanol–water partition coefficient (Wildman–Crippen LogP) is 4.17. The number of fused-ring (bicyclic) bond motifs is 3. The SMILES string of the molecule is CCc1c(C)n(CC(=O)c2ccc(Br)cc2)c2nc3ccccc3n2c1=O. The summed E-state index contributed by atoms with van der Waals surface area (Å²) in [6.07, 6.45) is 0.597. The van der Waals surface area contributed by atoms with Gasteiger partial charge in [-0.05, 0) is 37.6 Å². The third-order valence-electron chi connectivity index (χ3n) is 4.91. The monoisotopic (exact) mass is 423 g/mol. The second kappa shape index (κ2) is 6.78. The van der Waals surface area contributed by atoms with Crippen LogP contribution in [0.1, 0.15) is 28.5 Å². The molecule has 0 saturated heterocycles. The molecule has 0 amide bonds. The topological polar surface area (TPSA) is 56.4 Å². The lowest BCUT2D eigenvalue weighted by Gasteiger charge is -2.15. The van der Waals surface area contributed by atoms with Gasteiger partial charge in [0.25, 0.3) is 5.56 Å². The third kappa shape index (κ3) is 2.90. The van der Waals surface area contributed by atoms with Gasteiger partial charge in [-0.25, -0.2) is 9.38 Å². The quantitative estimate of drug-likeness (QED) is 0.463. The van der Waals surface area contributed by atoms with E-state index in [-0.39, 0.29) is 17.9 Å². The average molecular weight is 424 g/mol. The average Bonchev–Trinajstić information content (AvgIpc) is 3.05. The number of ketones is 1. The maximum atomic E-state index is 13.0. The fraction of sp³-hybridized carbons (Fsp3) is 0.190. The van der Waals surface area contributed by atoms with Crippen LogP contribution in [0, 0.1) is 6.92 Å². The molecule has 5 nitrogen and oxygen atoms in total. The van der Waals surface area contributed by atoms with E-state index in [1.165, 1.54) is 0 Å². The number of benzene rings is 2. The lowest BCUT2D eigenvalue weighted by molar-refractivity contribution is 0.0972. The second-order valence-corrected chi connectivity index (χ2v) is 7.39. The molecule has 0 atom stereocenters. The molecule has 4 rings (SSSR count). The van der Waals surface area contributed by atoms with E-state index >= 15 is 0 Å². The summed E-state index contributed by atoms with van der Waals surface area (Å²) in [5.41, 5.74) is 3.56. The molecule has 0 spiro atoms. The minimum atomic E-state index is -0.0639. The highest BCUT2D eigenvalue weighted by Crippen LogP contribution is 2.19. The Kier molecular flexibility index (Phi) is 4.44. The first-order chi connectivity index (χ1) is 13.0. The number of halogens is 1. The van der Waals surface area contributed by atoms with Crippen LogP contribution >= 0.6 is 15.9 Å². The molecule has 0 aliphatic rings. The van der Waals surface area contributed by atoms with Gasteiger partial charge in [0.05, 0.1) is 17.6 Å². The van der Waals surface area contributed by atoms with Crippen LogP contribution in [0.5, 0.6) is 0 Å². The lowest BCUT2D eigenvalue weighted by Crippen LogP contribution is -2.26. The van der Waals surface area contributed by atoms with Gasteiger partial charge in [0, 0.05) is 21.3 Å². The van der Waals surface area contributed by atoms with Crippen molar-refractivity contribution in [2.45, 2.75) is 26.8 Å². The minimum Gasteiger partial charge on any atom is -0.307 e. The first-order valence-electron chi connectivity index (χ1n) is 8.79. The Morgan fingerprint density at radius 1 is 1.11 bits per heavy atom. The fourth-order valence-electron chi connectivity index (χ4n) is 3.46. The first kappa shape index (κ1) is 17.7. The van der Waals surface area contributed by atoms with Crippen molar-refractivity contribution in [2.75, 3.05) is 0 Å². The number of carbonyl (C=O) groups excluding carboxylic acids is 1. The molecule has 0 unspecified atom stereocenters. The predicted molar refractivity (Wildman–Crippen MR) is 110 cm³/mol. The highest BCUT2D eigenvalue weighted by Gasteiger charge is 2.19. The van der Waals surface area contributed by atoms with Crippen LogP contribution in [0.3, 0.4) is 0 Å². The van der Waals surface area contributed by atoms with Gasteiger partial charge < -0.3 is 4.57 Å².